The molecule has 0 radical (unpaired) electrons. The molecule has 7 heteroatoms. The number of para-hydroxylation sites is 1. The van der Waals surface area contributed by atoms with Crippen molar-refractivity contribution in [3.8, 4) is 0 Å². The standard InChI is InChI=1S/C19H17FN4O2/c1-13-21-10-11-24(13)12-18(25)23-17-5-3-2-4-16(17)19(26)22-15-8-6-14(20)7-9-15/h2-11H,12H2,1H3,(H,22,26)(H,23,25). The molecule has 0 aliphatic heterocycles. The number of halogens is 1. The van der Waals surface area contributed by atoms with E-state index in [1.54, 1.807) is 48.1 Å². The number of hydrogen-bond donors (Lipinski definition) is 2. The average molecular weight is 352 g/mol. The molecule has 3 rings (SSSR count). The second kappa shape index (κ2) is 7.60. The van der Waals surface area contributed by atoms with Gasteiger partial charge in [0.25, 0.3) is 5.91 Å². The maximum atomic E-state index is 13.0. The zero-order valence-electron chi connectivity index (χ0n) is 14.1. The number of nitrogens with zero attached hydrogens (tertiary/aromatic N) is 2. The van der Waals surface area contributed by atoms with Gasteiger partial charge in [0.1, 0.15) is 18.2 Å². The molecule has 2 aromatic carbocycles. The Bertz CT molecular complexity index is 935. The molecule has 0 saturated carbocycles. The molecule has 0 aliphatic rings. The van der Waals surface area contributed by atoms with Crippen molar-refractivity contribution < 1.29 is 14.0 Å². The zero-order valence-corrected chi connectivity index (χ0v) is 14.1. The van der Waals surface area contributed by atoms with E-state index in [0.29, 0.717) is 16.9 Å². The van der Waals surface area contributed by atoms with Crippen LogP contribution >= 0.6 is 0 Å². The van der Waals surface area contributed by atoms with Crippen LogP contribution in [0.5, 0.6) is 0 Å². The number of nitrogens with one attached hydrogen (secondary N) is 2. The molecule has 6 nitrogen and oxygen atoms in total. The van der Waals surface area contributed by atoms with Crippen LogP contribution in [0.15, 0.2) is 60.9 Å². The van der Waals surface area contributed by atoms with Gasteiger partial charge in [-0.2, -0.15) is 0 Å². The Morgan fingerprint density at radius 1 is 1.08 bits per heavy atom. The van der Waals surface area contributed by atoms with Gasteiger partial charge in [-0.3, -0.25) is 9.59 Å². The molecule has 2 amide bonds. The summed E-state index contributed by atoms with van der Waals surface area (Å²) in [6.07, 6.45) is 3.33. The lowest BCUT2D eigenvalue weighted by molar-refractivity contribution is -0.116. The summed E-state index contributed by atoms with van der Waals surface area (Å²) in [4.78, 5) is 28.8. The summed E-state index contributed by atoms with van der Waals surface area (Å²) >= 11 is 0. The smallest absolute Gasteiger partial charge is 0.257 e. The summed E-state index contributed by atoms with van der Waals surface area (Å²) in [6, 6.07) is 12.1. The highest BCUT2D eigenvalue weighted by Gasteiger charge is 2.14. The molecule has 0 aliphatic carbocycles. The van der Waals surface area contributed by atoms with Crippen molar-refractivity contribution in [2.45, 2.75) is 13.5 Å². The van der Waals surface area contributed by atoms with Gasteiger partial charge >= 0.3 is 0 Å². The summed E-state index contributed by atoms with van der Waals surface area (Å²) in [5.41, 5.74) is 1.17. The third-order valence-electron chi connectivity index (χ3n) is 3.79. The highest BCUT2D eigenvalue weighted by Crippen LogP contribution is 2.18. The van der Waals surface area contributed by atoms with Crippen LogP contribution in [0, 0.1) is 12.7 Å². The van der Waals surface area contributed by atoms with Crippen LogP contribution < -0.4 is 10.6 Å². The number of amides is 2. The Balaban J connectivity index is 1.73. The third-order valence-corrected chi connectivity index (χ3v) is 3.79. The van der Waals surface area contributed by atoms with Crippen molar-refractivity contribution in [1.82, 2.24) is 9.55 Å². The van der Waals surface area contributed by atoms with Gasteiger partial charge in [0.15, 0.2) is 0 Å². The minimum absolute atomic E-state index is 0.0970. The molecule has 0 spiro atoms. The molecule has 0 saturated heterocycles. The number of imidazole rings is 1. The molecule has 0 fully saturated rings. The molecule has 132 valence electrons. The minimum atomic E-state index is -0.397. The van der Waals surface area contributed by atoms with Gasteiger partial charge < -0.3 is 15.2 Å². The quantitative estimate of drug-likeness (QED) is 0.740. The Hall–Kier alpha value is -3.48. The molecular formula is C19H17FN4O2. The van der Waals surface area contributed by atoms with Gasteiger partial charge in [-0.25, -0.2) is 9.37 Å². The molecule has 3 aromatic rings. The van der Waals surface area contributed by atoms with Crippen LogP contribution in [0.4, 0.5) is 15.8 Å². The Labute approximate surface area is 149 Å². The number of carbonyl (C=O) groups excluding carboxylic acids is 2. The molecule has 1 heterocycles. The number of aromatic nitrogens is 2. The van der Waals surface area contributed by atoms with Crippen molar-refractivity contribution in [3.63, 3.8) is 0 Å². The predicted octanol–water partition coefficient (Wildman–Crippen LogP) is 3.22. The molecular weight excluding hydrogens is 335 g/mol. The monoisotopic (exact) mass is 352 g/mol. The van der Waals surface area contributed by atoms with Gasteiger partial charge in [0.05, 0.1) is 11.3 Å². The van der Waals surface area contributed by atoms with E-state index in [1.165, 1.54) is 24.3 Å². The van der Waals surface area contributed by atoms with Crippen molar-refractivity contribution in [3.05, 3.63) is 78.1 Å². The second-order valence-corrected chi connectivity index (χ2v) is 5.66. The van der Waals surface area contributed by atoms with E-state index in [1.807, 2.05) is 0 Å². The first kappa shape index (κ1) is 17.3. The van der Waals surface area contributed by atoms with Crippen LogP contribution in [-0.4, -0.2) is 21.4 Å². The van der Waals surface area contributed by atoms with Crippen molar-refractivity contribution >= 4 is 23.2 Å². The zero-order chi connectivity index (χ0) is 18.5. The van der Waals surface area contributed by atoms with E-state index >= 15 is 0 Å². The maximum absolute atomic E-state index is 13.0. The highest BCUT2D eigenvalue weighted by atomic mass is 19.1. The second-order valence-electron chi connectivity index (χ2n) is 5.66. The number of carbonyl (C=O) groups is 2. The van der Waals surface area contributed by atoms with Crippen molar-refractivity contribution in [2.75, 3.05) is 10.6 Å². The van der Waals surface area contributed by atoms with Crippen molar-refractivity contribution in [2.24, 2.45) is 0 Å². The molecule has 1 aromatic heterocycles. The van der Waals surface area contributed by atoms with Gasteiger partial charge in [0, 0.05) is 18.1 Å². The molecule has 2 N–H and O–H groups in total. The summed E-state index contributed by atoms with van der Waals surface area (Å²) in [5.74, 6) is -0.326. The SMILES string of the molecule is Cc1nccn1CC(=O)Nc1ccccc1C(=O)Nc1ccc(F)cc1. The summed E-state index contributed by atoms with van der Waals surface area (Å²) in [7, 11) is 0. The van der Waals surface area contributed by atoms with E-state index in [9.17, 15) is 14.0 Å². The molecule has 26 heavy (non-hydrogen) atoms. The number of hydrogen-bond acceptors (Lipinski definition) is 3. The van der Waals surface area contributed by atoms with Gasteiger partial charge in [0.2, 0.25) is 5.91 Å². The van der Waals surface area contributed by atoms with Gasteiger partial charge in [-0.15, -0.1) is 0 Å². The highest BCUT2D eigenvalue weighted by molar-refractivity contribution is 6.10. The summed E-state index contributed by atoms with van der Waals surface area (Å²) in [5, 5.41) is 5.43. The van der Waals surface area contributed by atoms with E-state index in [2.05, 4.69) is 15.6 Å². The maximum Gasteiger partial charge on any atom is 0.257 e. The number of rotatable bonds is 5. The van der Waals surface area contributed by atoms with Crippen LogP contribution in [0.3, 0.4) is 0 Å². The number of anilines is 2. The lowest BCUT2D eigenvalue weighted by atomic mass is 10.1. The van der Waals surface area contributed by atoms with Crippen LogP contribution in [-0.2, 0) is 11.3 Å². The topological polar surface area (TPSA) is 76.0 Å². The fraction of sp³-hybridized carbons (Fsp3) is 0.105. The first-order valence-corrected chi connectivity index (χ1v) is 7.96. The lowest BCUT2D eigenvalue weighted by Gasteiger charge is -2.12. The first-order chi connectivity index (χ1) is 12.5. The fourth-order valence-electron chi connectivity index (χ4n) is 2.44. The average Bonchev–Trinajstić information content (AvgIpc) is 3.02. The van der Waals surface area contributed by atoms with Gasteiger partial charge in [-0.1, -0.05) is 12.1 Å². The molecule has 0 bridgehead atoms. The van der Waals surface area contributed by atoms with E-state index in [4.69, 9.17) is 0 Å². The number of aryl methyl sites for hydroxylation is 1. The van der Waals surface area contributed by atoms with Crippen molar-refractivity contribution in [1.29, 1.82) is 0 Å². The first-order valence-electron chi connectivity index (χ1n) is 7.96. The van der Waals surface area contributed by atoms with E-state index in [0.717, 1.165) is 5.82 Å². The third kappa shape index (κ3) is 4.13. The largest absolute Gasteiger partial charge is 0.326 e. The predicted molar refractivity (Wildman–Crippen MR) is 96.4 cm³/mol. The summed E-state index contributed by atoms with van der Waals surface area (Å²) in [6.45, 7) is 1.90. The van der Waals surface area contributed by atoms with Gasteiger partial charge in [-0.05, 0) is 43.3 Å². The Kier molecular flexibility index (Phi) is 5.07. The lowest BCUT2D eigenvalue weighted by Crippen LogP contribution is -2.22. The normalized spacial score (nSPS) is 10.4. The van der Waals surface area contributed by atoms with Crippen LogP contribution in [0.1, 0.15) is 16.2 Å². The summed E-state index contributed by atoms with van der Waals surface area (Å²) < 4.78 is 14.7. The molecule has 0 atom stereocenters. The van der Waals surface area contributed by atoms with E-state index < -0.39 is 5.91 Å². The number of benzene rings is 2. The Morgan fingerprint density at radius 3 is 2.50 bits per heavy atom. The Morgan fingerprint density at radius 2 is 1.81 bits per heavy atom. The molecule has 0 unspecified atom stereocenters. The van der Waals surface area contributed by atoms with Crippen LogP contribution in [0.25, 0.3) is 0 Å². The fourth-order valence-corrected chi connectivity index (χ4v) is 2.44. The minimum Gasteiger partial charge on any atom is -0.326 e. The van der Waals surface area contributed by atoms with E-state index in [-0.39, 0.29) is 18.3 Å². The van der Waals surface area contributed by atoms with Crippen LogP contribution in [0.2, 0.25) is 0 Å².